The van der Waals surface area contributed by atoms with Gasteiger partial charge in [-0.2, -0.15) is 0 Å². The number of hydrogen-bond acceptors (Lipinski definition) is 14. The highest BCUT2D eigenvalue weighted by Crippen LogP contribution is 2.39. The molecule has 2 aliphatic heterocycles. The Hall–Kier alpha value is -2.47. The molecule has 16 heteroatoms. The number of oxime groups is 1. The normalized spacial score (nSPS) is 39.9. The number of cyclic esters (lactones) is 1. The average Bonchev–Trinajstić information content (AvgIpc) is 3.59. The molecule has 1 aromatic rings. The third-order valence-corrected chi connectivity index (χ3v) is 12.4. The number of Topliss-reactive ketones (excluding diaryl/α,β-unsaturated/α-hetero) is 1. The van der Waals surface area contributed by atoms with E-state index in [-0.39, 0.29) is 31.1 Å². The van der Waals surface area contributed by atoms with Crippen LogP contribution in [0.2, 0.25) is 0 Å². The van der Waals surface area contributed by atoms with Crippen molar-refractivity contribution in [3.63, 3.8) is 0 Å². The van der Waals surface area contributed by atoms with Crippen molar-refractivity contribution in [2.24, 2.45) is 28.8 Å². The second-order valence-electron chi connectivity index (χ2n) is 16.8. The van der Waals surface area contributed by atoms with Gasteiger partial charge in [0, 0.05) is 50.1 Å². The van der Waals surface area contributed by atoms with Crippen molar-refractivity contribution in [3.8, 4) is 0 Å². The minimum absolute atomic E-state index is 0.0765. The number of carbonyl (C=O) groups excluding carboxylic acids is 2. The number of likely N-dealkylation sites (N-methyl/N-ethyl adjacent to an activating group) is 1. The summed E-state index contributed by atoms with van der Waals surface area (Å²) in [5.41, 5.74) is -1.91. The van der Waals surface area contributed by atoms with Crippen LogP contribution in [0.5, 0.6) is 0 Å². The Labute approximate surface area is 328 Å². The number of aliphatic hydroxyl groups excluding tert-OH is 2. The molecule has 3 fully saturated rings. The van der Waals surface area contributed by atoms with Gasteiger partial charge in [0.2, 0.25) is 0 Å². The molecule has 2 radical (unpaired) electrons. The number of ether oxygens (including phenoxy) is 4. The van der Waals surface area contributed by atoms with Crippen LogP contribution in [0.1, 0.15) is 112 Å². The summed E-state index contributed by atoms with van der Waals surface area (Å²) in [6.07, 6.45) is 1.83. The van der Waals surface area contributed by atoms with Crippen LogP contribution in [0.3, 0.4) is 0 Å². The highest BCUT2D eigenvalue weighted by atomic mass is 16.7. The van der Waals surface area contributed by atoms with Crippen LogP contribution in [0.4, 0.5) is 0 Å². The fourth-order valence-corrected chi connectivity index (χ4v) is 8.73. The molecule has 15 nitrogen and oxygen atoms in total. The number of aromatic nitrogens is 3. The standard InChI is InChI=1S/C39H66BN5O10/c1-11-30-39(8,50)34(48)24(4)31(42-55-28-15-13-12-14-16-28)22(2)20-38(7,51-10)35(25(5)32(46)26(6)36(49)53-30)54-37-33(47)29(19-23(3)52-37)44(9)18-17-27-21-45(40)43-41-27/h21-26,28-30,33-35,37,47-48,50H,11-20H2,1-10H3/b42-31+/t22-,23-,24-,25+,26-,29+,30-,33-,34-,35-,37+,38-,39-/m1/s1. The molecular weight excluding hydrogens is 709 g/mol. The van der Waals surface area contributed by atoms with E-state index in [9.17, 15) is 24.9 Å². The number of methoxy groups -OCH3 is 1. The van der Waals surface area contributed by atoms with Gasteiger partial charge in [0.15, 0.2) is 12.1 Å². The lowest BCUT2D eigenvalue weighted by Crippen LogP contribution is -2.60. The molecule has 55 heavy (non-hydrogen) atoms. The lowest BCUT2D eigenvalue weighted by atomic mass is 9.74. The zero-order valence-corrected chi connectivity index (χ0v) is 34.6. The Bertz CT molecular complexity index is 1440. The summed E-state index contributed by atoms with van der Waals surface area (Å²) in [4.78, 5) is 36.1. The monoisotopic (exact) mass is 775 g/mol. The first kappa shape index (κ1) is 45.2. The van der Waals surface area contributed by atoms with Crippen LogP contribution in [0, 0.1) is 23.7 Å². The fourth-order valence-electron chi connectivity index (χ4n) is 8.73. The molecule has 13 atom stereocenters. The van der Waals surface area contributed by atoms with Crippen molar-refractivity contribution in [3.05, 3.63) is 11.9 Å². The van der Waals surface area contributed by atoms with E-state index in [1.165, 1.54) is 21.0 Å². The second kappa shape index (κ2) is 19.3. The van der Waals surface area contributed by atoms with Crippen molar-refractivity contribution in [2.75, 3.05) is 20.7 Å². The predicted octanol–water partition coefficient (Wildman–Crippen LogP) is 2.99. The molecule has 0 spiro atoms. The number of ketones is 1. The molecule has 1 aliphatic carbocycles. The van der Waals surface area contributed by atoms with E-state index in [0.717, 1.165) is 36.7 Å². The average molecular weight is 776 g/mol. The van der Waals surface area contributed by atoms with Crippen LogP contribution in [0.25, 0.3) is 0 Å². The Morgan fingerprint density at radius 2 is 1.76 bits per heavy atom. The van der Waals surface area contributed by atoms with Crippen LogP contribution in [0.15, 0.2) is 11.4 Å². The maximum absolute atomic E-state index is 14.3. The minimum Gasteiger partial charge on any atom is -0.459 e. The maximum Gasteiger partial charge on any atom is 0.316 e. The summed E-state index contributed by atoms with van der Waals surface area (Å²) in [6.45, 7) is 14.3. The second-order valence-corrected chi connectivity index (χ2v) is 16.8. The van der Waals surface area contributed by atoms with Gasteiger partial charge in [-0.1, -0.05) is 44.5 Å². The largest absolute Gasteiger partial charge is 0.459 e. The van der Waals surface area contributed by atoms with E-state index in [1.54, 1.807) is 27.0 Å². The van der Waals surface area contributed by atoms with Crippen LogP contribution >= 0.6 is 0 Å². The molecule has 3 heterocycles. The van der Waals surface area contributed by atoms with E-state index >= 15 is 0 Å². The van der Waals surface area contributed by atoms with E-state index in [2.05, 4.69) is 15.5 Å². The molecule has 0 amide bonds. The summed E-state index contributed by atoms with van der Waals surface area (Å²) in [7, 11) is 9.11. The molecule has 4 rings (SSSR count). The first-order chi connectivity index (χ1) is 25.8. The summed E-state index contributed by atoms with van der Waals surface area (Å²) < 4.78 is 26.3. The van der Waals surface area contributed by atoms with Gasteiger partial charge in [-0.3, -0.25) is 9.59 Å². The molecule has 0 unspecified atom stereocenters. The first-order valence-electron chi connectivity index (χ1n) is 20.1. The van der Waals surface area contributed by atoms with Crippen LogP contribution in [-0.2, 0) is 39.8 Å². The molecule has 2 saturated heterocycles. The number of nitrogens with zero attached hydrogens (tertiary/aromatic N) is 5. The van der Waals surface area contributed by atoms with Crippen LogP contribution < -0.4 is 0 Å². The third kappa shape index (κ3) is 10.7. The number of rotatable bonds is 10. The quantitative estimate of drug-likeness (QED) is 0.136. The number of hydrogen-bond donors (Lipinski definition) is 3. The molecule has 3 aliphatic rings. The van der Waals surface area contributed by atoms with Gasteiger partial charge in [-0.25, -0.2) is 0 Å². The molecule has 310 valence electrons. The van der Waals surface area contributed by atoms with Gasteiger partial charge in [-0.15, -0.1) is 5.10 Å². The Morgan fingerprint density at radius 3 is 2.36 bits per heavy atom. The molecule has 0 aromatic carbocycles. The zero-order valence-electron chi connectivity index (χ0n) is 34.6. The minimum atomic E-state index is -1.89. The van der Waals surface area contributed by atoms with Gasteiger partial charge in [0.05, 0.1) is 35.3 Å². The molecule has 1 saturated carbocycles. The molecule has 0 bridgehead atoms. The van der Waals surface area contributed by atoms with Crippen molar-refractivity contribution < 1.29 is 48.7 Å². The van der Waals surface area contributed by atoms with Crippen molar-refractivity contribution in [1.29, 1.82) is 0 Å². The summed E-state index contributed by atoms with van der Waals surface area (Å²) in [5, 5.41) is 48.0. The lowest BCUT2D eigenvalue weighted by Gasteiger charge is -2.47. The maximum atomic E-state index is 14.3. The molecular formula is C39H66BN5O10. The highest BCUT2D eigenvalue weighted by Gasteiger charge is 2.52. The van der Waals surface area contributed by atoms with Crippen molar-refractivity contribution in [1.82, 2.24) is 19.8 Å². The fraction of sp³-hybridized carbons (Fsp3) is 0.872. The van der Waals surface area contributed by atoms with Gasteiger partial charge < -0.3 is 48.6 Å². The van der Waals surface area contributed by atoms with Gasteiger partial charge in [0.25, 0.3) is 7.98 Å². The summed E-state index contributed by atoms with van der Waals surface area (Å²) in [6, 6.07) is -0.371. The van der Waals surface area contributed by atoms with Gasteiger partial charge in [-0.05, 0) is 79.7 Å². The Morgan fingerprint density at radius 1 is 1.09 bits per heavy atom. The number of aliphatic hydroxyl groups is 3. The molecule has 3 N–H and O–H groups in total. The highest BCUT2D eigenvalue weighted by molar-refractivity contribution is 6.05. The first-order valence-corrected chi connectivity index (χ1v) is 20.1. The number of esters is 1. The zero-order chi connectivity index (χ0) is 40.8. The molecule has 1 aromatic heterocycles. The summed E-state index contributed by atoms with van der Waals surface area (Å²) >= 11 is 0. The summed E-state index contributed by atoms with van der Waals surface area (Å²) in [5.74, 6) is -4.66. The lowest BCUT2D eigenvalue weighted by molar-refractivity contribution is -0.295. The van der Waals surface area contributed by atoms with E-state index in [0.29, 0.717) is 30.8 Å². The van der Waals surface area contributed by atoms with Crippen molar-refractivity contribution in [2.45, 2.75) is 173 Å². The predicted molar refractivity (Wildman–Crippen MR) is 205 cm³/mol. The van der Waals surface area contributed by atoms with Crippen molar-refractivity contribution >= 4 is 25.4 Å². The van der Waals surface area contributed by atoms with E-state index in [1.807, 2.05) is 32.7 Å². The topological polar surface area (TPSA) is 187 Å². The van der Waals surface area contributed by atoms with Gasteiger partial charge >= 0.3 is 5.97 Å². The van der Waals surface area contributed by atoms with Gasteiger partial charge in [0.1, 0.15) is 29.8 Å². The van der Waals surface area contributed by atoms with Crippen LogP contribution in [-0.4, -0.2) is 141 Å². The Balaban J connectivity index is 1.72. The van der Waals surface area contributed by atoms with E-state index in [4.69, 9.17) is 31.8 Å². The Kier molecular flexibility index (Phi) is 15.9. The van der Waals surface area contributed by atoms with E-state index < -0.39 is 77.3 Å². The third-order valence-electron chi connectivity index (χ3n) is 12.4. The smallest absolute Gasteiger partial charge is 0.316 e. The SMILES string of the molecule is [B]n1cc(CCN(C)[C@H]2C[C@@H](C)O[C@@H](O[C@@H]3[C@@H](C)C(=O)[C@@H](C)C(=O)O[C@H](CC)[C@@](C)(O)[C@H](O)[C@H](C)/C(=N/OC4CCCCC4)[C@H](C)C[C@@]3(C)OC)[C@@H]2O)nn1. The number of carbonyl (C=O) groups is 2.